The van der Waals surface area contributed by atoms with E-state index in [2.05, 4.69) is 39.5 Å². The summed E-state index contributed by atoms with van der Waals surface area (Å²) in [5.41, 5.74) is 0.183. The molecule has 0 bridgehead atoms. The second kappa shape index (κ2) is 4.46. The summed E-state index contributed by atoms with van der Waals surface area (Å²) in [6.45, 7) is 14.9. The molecule has 0 radical (unpaired) electrons. The van der Waals surface area contributed by atoms with E-state index in [1.807, 2.05) is 0 Å². The highest BCUT2D eigenvalue weighted by atomic mass is 16.5. The van der Waals surface area contributed by atoms with Crippen LogP contribution in [-0.4, -0.2) is 37.1 Å². The van der Waals surface area contributed by atoms with Crippen molar-refractivity contribution in [2.75, 3.05) is 26.3 Å². The highest BCUT2D eigenvalue weighted by Crippen LogP contribution is 2.63. The fraction of sp³-hybridized carbons (Fsp3) is 0.941. The van der Waals surface area contributed by atoms with Crippen LogP contribution in [0.1, 0.15) is 41.0 Å². The number of carbonyl (C=O) groups excluding carboxylic acids is 1. The smallest absolute Gasteiger partial charge is 0.229 e. The van der Waals surface area contributed by atoms with E-state index in [-0.39, 0.29) is 5.41 Å². The van der Waals surface area contributed by atoms with Crippen molar-refractivity contribution < 1.29 is 9.53 Å². The van der Waals surface area contributed by atoms with Crippen LogP contribution in [0, 0.1) is 34.5 Å². The van der Waals surface area contributed by atoms with E-state index in [0.29, 0.717) is 35.0 Å². The topological polar surface area (TPSA) is 29.5 Å². The molecule has 2 aliphatic heterocycles. The first-order valence-corrected chi connectivity index (χ1v) is 8.17. The third kappa shape index (κ3) is 1.93. The fourth-order valence-corrected chi connectivity index (χ4v) is 4.69. The largest absolute Gasteiger partial charge is 0.381 e. The standard InChI is InChI=1S/C17H29NO2/c1-6-11-7-18(8-12(11)16(2,3)4)15(19)17(5)13-9-20-10-14(13)17/h11-14H,6-10H2,1-5H3. The minimum Gasteiger partial charge on any atom is -0.381 e. The molecule has 4 unspecified atom stereocenters. The number of fused-ring (bicyclic) bond motifs is 1. The normalized spacial score (nSPS) is 43.8. The Kier molecular flexibility index (Phi) is 3.20. The van der Waals surface area contributed by atoms with Crippen LogP contribution in [0.3, 0.4) is 0 Å². The molecule has 114 valence electrons. The molecule has 2 saturated heterocycles. The first-order chi connectivity index (χ1) is 9.30. The summed E-state index contributed by atoms with van der Waals surface area (Å²) in [6, 6.07) is 0. The molecule has 3 aliphatic rings. The van der Waals surface area contributed by atoms with Crippen LogP contribution < -0.4 is 0 Å². The average Bonchev–Trinajstić information content (AvgIpc) is 2.87. The summed E-state index contributed by atoms with van der Waals surface area (Å²) >= 11 is 0. The van der Waals surface area contributed by atoms with Crippen molar-refractivity contribution in [3.63, 3.8) is 0 Å². The van der Waals surface area contributed by atoms with Crippen molar-refractivity contribution in [2.45, 2.75) is 41.0 Å². The molecule has 3 heteroatoms. The van der Waals surface area contributed by atoms with Crippen molar-refractivity contribution in [3.8, 4) is 0 Å². The first-order valence-electron chi connectivity index (χ1n) is 8.17. The molecular formula is C17H29NO2. The minimum atomic E-state index is -0.108. The first kappa shape index (κ1) is 14.4. The van der Waals surface area contributed by atoms with Crippen LogP contribution in [0.25, 0.3) is 0 Å². The van der Waals surface area contributed by atoms with Gasteiger partial charge in [-0.1, -0.05) is 41.0 Å². The van der Waals surface area contributed by atoms with E-state index < -0.39 is 0 Å². The number of hydrogen-bond acceptors (Lipinski definition) is 2. The van der Waals surface area contributed by atoms with Gasteiger partial charge in [0.1, 0.15) is 0 Å². The van der Waals surface area contributed by atoms with E-state index in [1.54, 1.807) is 0 Å². The number of hydrogen-bond donors (Lipinski definition) is 0. The highest BCUT2D eigenvalue weighted by Gasteiger charge is 2.69. The molecule has 4 atom stereocenters. The van der Waals surface area contributed by atoms with Gasteiger partial charge in [0.05, 0.1) is 18.6 Å². The van der Waals surface area contributed by atoms with Gasteiger partial charge < -0.3 is 9.64 Å². The van der Waals surface area contributed by atoms with E-state index in [4.69, 9.17) is 4.74 Å². The van der Waals surface area contributed by atoms with Gasteiger partial charge >= 0.3 is 0 Å². The third-order valence-corrected chi connectivity index (χ3v) is 6.34. The average molecular weight is 279 g/mol. The van der Waals surface area contributed by atoms with Crippen LogP contribution in [0.5, 0.6) is 0 Å². The zero-order chi connectivity index (χ0) is 14.7. The van der Waals surface area contributed by atoms with Gasteiger partial charge in [0, 0.05) is 24.9 Å². The molecule has 0 spiro atoms. The van der Waals surface area contributed by atoms with E-state index in [1.165, 1.54) is 6.42 Å². The van der Waals surface area contributed by atoms with Gasteiger partial charge in [-0.3, -0.25) is 4.79 Å². The molecule has 3 nitrogen and oxygen atoms in total. The number of amides is 1. The summed E-state index contributed by atoms with van der Waals surface area (Å²) in [7, 11) is 0. The molecular weight excluding hydrogens is 250 g/mol. The van der Waals surface area contributed by atoms with Crippen molar-refractivity contribution in [1.82, 2.24) is 4.90 Å². The number of rotatable bonds is 2. The van der Waals surface area contributed by atoms with Crippen LogP contribution in [0.15, 0.2) is 0 Å². The molecule has 0 aromatic carbocycles. The Bertz CT molecular complexity index is 402. The minimum absolute atomic E-state index is 0.108. The monoisotopic (exact) mass is 279 g/mol. The zero-order valence-corrected chi connectivity index (χ0v) is 13.6. The van der Waals surface area contributed by atoms with Gasteiger partial charge in [-0.05, 0) is 17.3 Å². The zero-order valence-electron chi connectivity index (χ0n) is 13.6. The van der Waals surface area contributed by atoms with Crippen molar-refractivity contribution in [2.24, 2.45) is 34.5 Å². The second-order valence-corrected chi connectivity index (χ2v) is 8.38. The number of carbonyl (C=O) groups is 1. The van der Waals surface area contributed by atoms with Crippen LogP contribution in [0.2, 0.25) is 0 Å². The molecule has 3 fully saturated rings. The Morgan fingerprint density at radius 3 is 2.30 bits per heavy atom. The second-order valence-electron chi connectivity index (χ2n) is 8.38. The maximum atomic E-state index is 12.9. The molecule has 1 amide bonds. The summed E-state index contributed by atoms with van der Waals surface area (Å²) in [4.78, 5) is 15.1. The quantitative estimate of drug-likeness (QED) is 0.778. The number of likely N-dealkylation sites (tertiary alicyclic amines) is 1. The molecule has 2 heterocycles. The summed E-state index contributed by atoms with van der Waals surface area (Å²) in [5, 5.41) is 0. The molecule has 3 rings (SSSR count). The van der Waals surface area contributed by atoms with Crippen LogP contribution in [-0.2, 0) is 9.53 Å². The van der Waals surface area contributed by atoms with Gasteiger partial charge in [-0.2, -0.15) is 0 Å². The third-order valence-electron chi connectivity index (χ3n) is 6.34. The van der Waals surface area contributed by atoms with Crippen molar-refractivity contribution in [1.29, 1.82) is 0 Å². The van der Waals surface area contributed by atoms with E-state index in [9.17, 15) is 4.79 Å². The SMILES string of the molecule is CCC1CN(C(=O)C2(C)C3COCC32)CC1C(C)(C)C. The maximum Gasteiger partial charge on any atom is 0.229 e. The lowest BCUT2D eigenvalue weighted by molar-refractivity contribution is -0.138. The predicted octanol–water partition coefficient (Wildman–Crippen LogP) is 2.80. The number of ether oxygens (including phenoxy) is 1. The summed E-state index contributed by atoms with van der Waals surface area (Å²) < 4.78 is 5.46. The number of nitrogens with zero attached hydrogens (tertiary/aromatic N) is 1. The molecule has 0 aromatic heterocycles. The van der Waals surface area contributed by atoms with E-state index in [0.717, 1.165) is 26.3 Å². The lowest BCUT2D eigenvalue weighted by Gasteiger charge is -2.31. The predicted molar refractivity (Wildman–Crippen MR) is 79.2 cm³/mol. The summed E-state index contributed by atoms with van der Waals surface area (Å²) in [5.74, 6) is 2.68. The Labute approximate surface area is 123 Å². The van der Waals surface area contributed by atoms with Gasteiger partial charge in [-0.15, -0.1) is 0 Å². The molecule has 1 saturated carbocycles. The van der Waals surface area contributed by atoms with Crippen molar-refractivity contribution >= 4 is 5.91 Å². The van der Waals surface area contributed by atoms with Crippen LogP contribution >= 0.6 is 0 Å². The van der Waals surface area contributed by atoms with Gasteiger partial charge in [-0.25, -0.2) is 0 Å². The maximum absolute atomic E-state index is 12.9. The lowest BCUT2D eigenvalue weighted by Crippen LogP contribution is -2.38. The van der Waals surface area contributed by atoms with Gasteiger partial charge in [0.15, 0.2) is 0 Å². The highest BCUT2D eigenvalue weighted by molar-refractivity contribution is 5.87. The molecule has 1 aliphatic carbocycles. The molecule has 20 heavy (non-hydrogen) atoms. The fourth-order valence-electron chi connectivity index (χ4n) is 4.69. The van der Waals surface area contributed by atoms with Gasteiger partial charge in [0.2, 0.25) is 5.91 Å². The lowest BCUT2D eigenvalue weighted by atomic mass is 9.74. The van der Waals surface area contributed by atoms with E-state index >= 15 is 0 Å². The molecule has 0 N–H and O–H groups in total. The molecule has 0 aromatic rings. The summed E-state index contributed by atoms with van der Waals surface area (Å²) in [6.07, 6.45) is 1.18. The Morgan fingerprint density at radius 2 is 1.85 bits per heavy atom. The Morgan fingerprint density at radius 1 is 1.25 bits per heavy atom. The van der Waals surface area contributed by atoms with Crippen LogP contribution in [0.4, 0.5) is 0 Å². The van der Waals surface area contributed by atoms with Gasteiger partial charge in [0.25, 0.3) is 0 Å². The Balaban J connectivity index is 1.72. The Hall–Kier alpha value is -0.570. The van der Waals surface area contributed by atoms with Crippen molar-refractivity contribution in [3.05, 3.63) is 0 Å².